The molecule has 0 spiro atoms. The highest BCUT2D eigenvalue weighted by Gasteiger charge is 2.35. The normalized spacial score (nSPS) is 30.7. The summed E-state index contributed by atoms with van der Waals surface area (Å²) in [5.41, 5.74) is 0. The number of aliphatic hydroxyl groups excluding tert-OH is 2. The summed E-state index contributed by atoms with van der Waals surface area (Å²) < 4.78 is 0. The fourth-order valence-electron chi connectivity index (χ4n) is 2.29. The van der Waals surface area contributed by atoms with Crippen molar-refractivity contribution in [2.75, 3.05) is 26.7 Å². The Labute approximate surface area is 95.6 Å². The predicted molar refractivity (Wildman–Crippen MR) is 58.9 cm³/mol. The molecule has 1 aliphatic heterocycles. The molecule has 1 amide bonds. The van der Waals surface area contributed by atoms with Crippen LogP contribution in [0.5, 0.6) is 0 Å². The van der Waals surface area contributed by atoms with E-state index in [1.165, 1.54) is 0 Å². The summed E-state index contributed by atoms with van der Waals surface area (Å²) in [5, 5.41) is 18.6. The molecule has 2 aliphatic rings. The molecule has 2 N–H and O–H groups in total. The number of amides is 1. The number of hydrogen-bond acceptors (Lipinski definition) is 4. The maximum atomic E-state index is 11.9. The fraction of sp³-hybridized carbons (Fsp3) is 0.909. The van der Waals surface area contributed by atoms with Crippen LogP contribution in [0.1, 0.15) is 19.3 Å². The fourth-order valence-corrected chi connectivity index (χ4v) is 2.29. The molecule has 2 rings (SSSR count). The summed E-state index contributed by atoms with van der Waals surface area (Å²) in [5.74, 6) is 0.0926. The summed E-state index contributed by atoms with van der Waals surface area (Å²) in [6.07, 6.45) is 2.37. The maximum Gasteiger partial charge on any atom is 0.236 e. The molecular formula is C11H20N2O3. The van der Waals surface area contributed by atoms with Crippen molar-refractivity contribution < 1.29 is 15.0 Å². The number of carbonyl (C=O) groups is 1. The molecule has 0 aromatic carbocycles. The van der Waals surface area contributed by atoms with E-state index >= 15 is 0 Å². The lowest BCUT2D eigenvalue weighted by Gasteiger charge is -2.25. The van der Waals surface area contributed by atoms with Gasteiger partial charge < -0.3 is 15.1 Å². The summed E-state index contributed by atoms with van der Waals surface area (Å²) in [6.45, 7) is 0.822. The zero-order chi connectivity index (χ0) is 11.7. The van der Waals surface area contributed by atoms with E-state index in [9.17, 15) is 9.90 Å². The molecule has 1 heterocycles. The number of nitrogens with zero attached hydrogens (tertiary/aromatic N) is 2. The van der Waals surface area contributed by atoms with E-state index in [2.05, 4.69) is 0 Å². The van der Waals surface area contributed by atoms with Gasteiger partial charge in [-0.05, 0) is 19.3 Å². The number of rotatable bonds is 4. The smallest absolute Gasteiger partial charge is 0.236 e. The molecule has 0 unspecified atom stereocenters. The van der Waals surface area contributed by atoms with Crippen LogP contribution in [0, 0.1) is 0 Å². The molecule has 1 saturated heterocycles. The highest BCUT2D eigenvalue weighted by atomic mass is 16.3. The van der Waals surface area contributed by atoms with Crippen LogP contribution in [0.25, 0.3) is 0 Å². The van der Waals surface area contributed by atoms with Crippen LogP contribution in [-0.2, 0) is 4.79 Å². The average Bonchev–Trinajstić information content (AvgIpc) is 3.03. The minimum absolute atomic E-state index is 0.0114. The van der Waals surface area contributed by atoms with Gasteiger partial charge in [-0.1, -0.05) is 0 Å². The van der Waals surface area contributed by atoms with Gasteiger partial charge >= 0.3 is 0 Å². The van der Waals surface area contributed by atoms with E-state index in [-0.39, 0.29) is 18.6 Å². The molecule has 0 radical (unpaired) electrons. The van der Waals surface area contributed by atoms with E-state index < -0.39 is 6.10 Å². The Bertz CT molecular complexity index is 268. The van der Waals surface area contributed by atoms with Crippen LogP contribution in [0.15, 0.2) is 0 Å². The first-order chi connectivity index (χ1) is 7.61. The Kier molecular flexibility index (Phi) is 3.47. The average molecular weight is 228 g/mol. The number of likely N-dealkylation sites (tertiary alicyclic amines) is 1. The first kappa shape index (κ1) is 11.8. The first-order valence-electron chi connectivity index (χ1n) is 5.90. The Balaban J connectivity index is 1.85. The Morgan fingerprint density at radius 3 is 2.75 bits per heavy atom. The van der Waals surface area contributed by atoms with E-state index in [1.807, 2.05) is 11.9 Å². The third-order valence-electron chi connectivity index (χ3n) is 3.54. The number of likely N-dealkylation sites (N-methyl/N-ethyl adjacent to an activating group) is 1. The number of hydrogen-bond donors (Lipinski definition) is 2. The monoisotopic (exact) mass is 228 g/mol. The second-order valence-electron chi connectivity index (χ2n) is 4.89. The molecule has 0 bridgehead atoms. The standard InChI is InChI=1S/C11H20N2O3/c1-12(8-2-3-8)11(16)6-13-5-10(15)4-9(13)7-14/h8-10,14-15H,2-7H2,1H3/t9-,10-/m0/s1. The molecule has 2 atom stereocenters. The highest BCUT2D eigenvalue weighted by Crippen LogP contribution is 2.26. The van der Waals surface area contributed by atoms with Gasteiger partial charge in [0, 0.05) is 25.7 Å². The van der Waals surface area contributed by atoms with Gasteiger partial charge in [0.1, 0.15) is 0 Å². The number of β-amino-alcohol motifs (C(OH)–C–C–N with tert-alkyl or cyclic N) is 1. The maximum absolute atomic E-state index is 11.9. The van der Waals surface area contributed by atoms with Gasteiger partial charge in [0.2, 0.25) is 5.91 Å². The van der Waals surface area contributed by atoms with Crippen molar-refractivity contribution in [3.05, 3.63) is 0 Å². The molecule has 5 nitrogen and oxygen atoms in total. The van der Waals surface area contributed by atoms with Crippen molar-refractivity contribution in [3.8, 4) is 0 Å². The molecule has 0 aromatic rings. The molecule has 16 heavy (non-hydrogen) atoms. The van der Waals surface area contributed by atoms with Gasteiger partial charge in [-0.15, -0.1) is 0 Å². The number of carbonyl (C=O) groups excluding carboxylic acids is 1. The van der Waals surface area contributed by atoms with Gasteiger partial charge in [0.25, 0.3) is 0 Å². The molecule has 92 valence electrons. The lowest BCUT2D eigenvalue weighted by Crippen LogP contribution is -2.42. The van der Waals surface area contributed by atoms with Gasteiger partial charge in [-0.3, -0.25) is 9.69 Å². The van der Waals surface area contributed by atoms with Gasteiger partial charge in [0.05, 0.1) is 19.3 Å². The third kappa shape index (κ3) is 2.53. The summed E-state index contributed by atoms with van der Waals surface area (Å²) >= 11 is 0. The molecule has 5 heteroatoms. The Hall–Kier alpha value is -0.650. The third-order valence-corrected chi connectivity index (χ3v) is 3.54. The topological polar surface area (TPSA) is 64.0 Å². The molecule has 1 aliphatic carbocycles. The Morgan fingerprint density at radius 1 is 1.50 bits per heavy atom. The van der Waals surface area contributed by atoms with Gasteiger partial charge in [-0.25, -0.2) is 0 Å². The van der Waals surface area contributed by atoms with E-state index in [1.54, 1.807) is 4.90 Å². The minimum atomic E-state index is -0.406. The van der Waals surface area contributed by atoms with Crippen LogP contribution < -0.4 is 0 Å². The van der Waals surface area contributed by atoms with Gasteiger partial charge in [-0.2, -0.15) is 0 Å². The summed E-state index contributed by atoms with van der Waals surface area (Å²) in [7, 11) is 1.83. The van der Waals surface area contributed by atoms with Crippen LogP contribution in [0.3, 0.4) is 0 Å². The highest BCUT2D eigenvalue weighted by molar-refractivity contribution is 5.78. The predicted octanol–water partition coefficient (Wildman–Crippen LogP) is -0.965. The van der Waals surface area contributed by atoms with Crippen molar-refractivity contribution in [1.82, 2.24) is 9.80 Å². The van der Waals surface area contributed by atoms with E-state index in [0.29, 0.717) is 25.6 Å². The first-order valence-corrected chi connectivity index (χ1v) is 5.90. The lowest BCUT2D eigenvalue weighted by molar-refractivity contribution is -0.132. The summed E-state index contributed by atoms with van der Waals surface area (Å²) in [6, 6.07) is 0.360. The van der Waals surface area contributed by atoms with Gasteiger partial charge in [0.15, 0.2) is 0 Å². The molecule has 1 saturated carbocycles. The van der Waals surface area contributed by atoms with Crippen LogP contribution in [-0.4, -0.2) is 70.9 Å². The Morgan fingerprint density at radius 2 is 2.19 bits per heavy atom. The zero-order valence-corrected chi connectivity index (χ0v) is 9.67. The van der Waals surface area contributed by atoms with Crippen LogP contribution in [0.2, 0.25) is 0 Å². The van der Waals surface area contributed by atoms with Crippen molar-refractivity contribution in [3.63, 3.8) is 0 Å². The second-order valence-corrected chi connectivity index (χ2v) is 4.89. The second kappa shape index (κ2) is 4.69. The quantitative estimate of drug-likeness (QED) is 0.650. The molecular weight excluding hydrogens is 208 g/mol. The summed E-state index contributed by atoms with van der Waals surface area (Å²) in [4.78, 5) is 15.5. The lowest BCUT2D eigenvalue weighted by atomic mass is 10.2. The minimum Gasteiger partial charge on any atom is -0.395 e. The molecule has 2 fully saturated rings. The SMILES string of the molecule is CN(C(=O)CN1C[C@@H](O)C[C@H]1CO)C1CC1. The van der Waals surface area contributed by atoms with E-state index in [0.717, 1.165) is 12.8 Å². The van der Waals surface area contributed by atoms with Crippen molar-refractivity contribution in [2.24, 2.45) is 0 Å². The largest absolute Gasteiger partial charge is 0.395 e. The number of aliphatic hydroxyl groups is 2. The zero-order valence-electron chi connectivity index (χ0n) is 9.67. The van der Waals surface area contributed by atoms with Crippen molar-refractivity contribution >= 4 is 5.91 Å². The van der Waals surface area contributed by atoms with Crippen LogP contribution in [0.4, 0.5) is 0 Å². The van der Waals surface area contributed by atoms with E-state index in [4.69, 9.17) is 5.11 Å². The van der Waals surface area contributed by atoms with Crippen molar-refractivity contribution in [2.45, 2.75) is 37.5 Å². The van der Waals surface area contributed by atoms with Crippen LogP contribution >= 0.6 is 0 Å². The molecule has 0 aromatic heterocycles. The van der Waals surface area contributed by atoms with Crippen molar-refractivity contribution in [1.29, 1.82) is 0 Å².